The lowest BCUT2D eigenvalue weighted by Gasteiger charge is -2.23. The number of benzene rings is 2. The number of H-pyrrole nitrogens is 1. The van der Waals surface area contributed by atoms with Crippen molar-refractivity contribution in [1.29, 1.82) is 0 Å². The second kappa shape index (κ2) is 8.39. The van der Waals surface area contributed by atoms with Crippen molar-refractivity contribution in [3.8, 4) is 23.1 Å². The monoisotopic (exact) mass is 422 g/mol. The molecule has 2 N–H and O–H groups in total. The highest BCUT2D eigenvalue weighted by Gasteiger charge is 2.18. The van der Waals surface area contributed by atoms with E-state index in [0.29, 0.717) is 45.8 Å². The summed E-state index contributed by atoms with van der Waals surface area (Å²) in [5.41, 5.74) is 1.33. The van der Waals surface area contributed by atoms with Gasteiger partial charge >= 0.3 is 0 Å². The van der Waals surface area contributed by atoms with E-state index in [9.17, 15) is 4.39 Å². The Bertz CT molecular complexity index is 1220. The number of nitrogens with zero attached hydrogens (tertiary/aromatic N) is 2. The Labute approximate surface area is 178 Å². The molecule has 0 atom stereocenters. The lowest BCUT2D eigenvalue weighted by Crippen LogP contribution is -2.30. The predicted octanol–water partition coefficient (Wildman–Crippen LogP) is 4.43. The van der Waals surface area contributed by atoms with E-state index in [0.717, 1.165) is 25.9 Å². The highest BCUT2D eigenvalue weighted by Crippen LogP contribution is 2.37. The van der Waals surface area contributed by atoms with Gasteiger partial charge in [0.2, 0.25) is 5.88 Å². The quantitative estimate of drug-likeness (QED) is 0.478. The summed E-state index contributed by atoms with van der Waals surface area (Å²) in [7, 11) is 1.60. The molecule has 1 saturated heterocycles. The maximum Gasteiger partial charge on any atom is 0.230 e. The summed E-state index contributed by atoms with van der Waals surface area (Å²) in [5, 5.41) is 4.44. The average molecular weight is 422 g/mol. The molecule has 0 amide bonds. The smallest absolute Gasteiger partial charge is 0.230 e. The van der Waals surface area contributed by atoms with Crippen LogP contribution in [-0.4, -0.2) is 41.8 Å². The number of ether oxygens (including phenoxy) is 3. The molecule has 2 aromatic heterocycles. The fraction of sp³-hybridized carbons (Fsp3) is 0.304. The fourth-order valence-electron chi connectivity index (χ4n) is 3.91. The number of aromatic nitrogens is 3. The highest BCUT2D eigenvalue weighted by atomic mass is 19.1. The van der Waals surface area contributed by atoms with E-state index in [2.05, 4.69) is 20.3 Å². The summed E-state index contributed by atoms with van der Waals surface area (Å²) in [4.78, 5) is 11.5. The molecular weight excluding hydrogens is 399 g/mol. The van der Waals surface area contributed by atoms with Crippen LogP contribution in [0.4, 0.5) is 4.39 Å². The molecule has 1 aliphatic heterocycles. The number of halogens is 1. The van der Waals surface area contributed by atoms with Crippen molar-refractivity contribution < 1.29 is 18.6 Å². The van der Waals surface area contributed by atoms with Crippen LogP contribution in [0.15, 0.2) is 42.9 Å². The number of piperidine rings is 1. The Morgan fingerprint density at radius 3 is 2.74 bits per heavy atom. The van der Waals surface area contributed by atoms with Crippen LogP contribution in [-0.2, 0) is 0 Å². The van der Waals surface area contributed by atoms with Crippen molar-refractivity contribution in [3.63, 3.8) is 0 Å². The maximum atomic E-state index is 14.9. The van der Waals surface area contributed by atoms with Crippen LogP contribution in [0.2, 0.25) is 0 Å². The minimum Gasteiger partial charge on any atom is -0.493 e. The van der Waals surface area contributed by atoms with E-state index < -0.39 is 5.82 Å². The summed E-state index contributed by atoms with van der Waals surface area (Å²) in [5.74, 6) is 1.59. The first-order chi connectivity index (χ1) is 15.2. The predicted molar refractivity (Wildman–Crippen MR) is 116 cm³/mol. The van der Waals surface area contributed by atoms with Gasteiger partial charge in [0.15, 0.2) is 23.1 Å². The maximum absolute atomic E-state index is 14.9. The van der Waals surface area contributed by atoms with Crippen molar-refractivity contribution in [2.24, 2.45) is 5.92 Å². The van der Waals surface area contributed by atoms with Crippen molar-refractivity contribution in [1.82, 2.24) is 20.3 Å². The molecule has 0 unspecified atom stereocenters. The third-order valence-corrected chi connectivity index (χ3v) is 5.66. The summed E-state index contributed by atoms with van der Waals surface area (Å²) in [6.07, 6.45) is 5.23. The van der Waals surface area contributed by atoms with Gasteiger partial charge in [-0.05, 0) is 56.1 Å². The molecule has 1 aliphatic rings. The topological polar surface area (TPSA) is 81.3 Å². The number of methoxy groups -OCH3 is 1. The van der Waals surface area contributed by atoms with Gasteiger partial charge in [-0.2, -0.15) is 0 Å². The largest absolute Gasteiger partial charge is 0.493 e. The van der Waals surface area contributed by atoms with Crippen LogP contribution >= 0.6 is 0 Å². The first-order valence-corrected chi connectivity index (χ1v) is 10.3. The van der Waals surface area contributed by atoms with Gasteiger partial charge in [-0.3, -0.25) is 0 Å². The summed E-state index contributed by atoms with van der Waals surface area (Å²) in [6.45, 7) is 2.61. The normalized spacial score (nSPS) is 14.8. The SMILES string of the molecule is COc1cc2ncnc(Oc3ccc4[nH]ccc4c3F)c2cc1OCC1CCNCC1. The molecular formula is C23H23FN4O3. The number of nitrogens with one attached hydrogen (secondary N) is 2. The fourth-order valence-corrected chi connectivity index (χ4v) is 3.91. The van der Waals surface area contributed by atoms with E-state index >= 15 is 0 Å². The molecule has 0 radical (unpaired) electrons. The first kappa shape index (κ1) is 19.6. The Morgan fingerprint density at radius 2 is 1.90 bits per heavy atom. The van der Waals surface area contributed by atoms with Crippen LogP contribution in [0.1, 0.15) is 12.8 Å². The second-order valence-corrected chi connectivity index (χ2v) is 7.62. The van der Waals surface area contributed by atoms with E-state index in [1.54, 1.807) is 43.6 Å². The zero-order valence-corrected chi connectivity index (χ0v) is 17.2. The lowest BCUT2D eigenvalue weighted by atomic mass is 9.99. The first-order valence-electron chi connectivity index (χ1n) is 10.3. The van der Waals surface area contributed by atoms with Crippen LogP contribution in [0, 0.1) is 11.7 Å². The lowest BCUT2D eigenvalue weighted by molar-refractivity contribution is 0.208. The third kappa shape index (κ3) is 3.86. The Morgan fingerprint density at radius 1 is 1.03 bits per heavy atom. The molecule has 4 aromatic rings. The molecule has 0 aliphatic carbocycles. The van der Waals surface area contributed by atoms with Crippen molar-refractivity contribution in [3.05, 3.63) is 48.7 Å². The number of fused-ring (bicyclic) bond motifs is 2. The Balaban J connectivity index is 1.48. The van der Waals surface area contributed by atoms with Gasteiger partial charge in [0.05, 0.1) is 24.6 Å². The van der Waals surface area contributed by atoms with E-state index in [4.69, 9.17) is 14.2 Å². The summed E-state index contributed by atoms with van der Waals surface area (Å²) in [6, 6.07) is 8.62. The van der Waals surface area contributed by atoms with Gasteiger partial charge in [0.1, 0.15) is 6.33 Å². The second-order valence-electron chi connectivity index (χ2n) is 7.62. The molecule has 31 heavy (non-hydrogen) atoms. The highest BCUT2D eigenvalue weighted by molar-refractivity contribution is 5.87. The minimum absolute atomic E-state index is 0.0973. The summed E-state index contributed by atoms with van der Waals surface area (Å²) < 4.78 is 32.4. The Kier molecular flexibility index (Phi) is 5.30. The molecule has 2 aromatic carbocycles. The molecule has 0 saturated carbocycles. The van der Waals surface area contributed by atoms with Gasteiger partial charge < -0.3 is 24.5 Å². The van der Waals surface area contributed by atoms with Gasteiger partial charge in [0, 0.05) is 23.2 Å². The zero-order chi connectivity index (χ0) is 21.2. The molecule has 160 valence electrons. The number of rotatable bonds is 6. The van der Waals surface area contributed by atoms with Crippen molar-refractivity contribution >= 4 is 21.8 Å². The van der Waals surface area contributed by atoms with Crippen molar-refractivity contribution in [2.45, 2.75) is 12.8 Å². The molecule has 3 heterocycles. The summed E-state index contributed by atoms with van der Waals surface area (Å²) >= 11 is 0. The molecule has 5 rings (SSSR count). The van der Waals surface area contributed by atoms with Crippen molar-refractivity contribution in [2.75, 3.05) is 26.8 Å². The molecule has 0 spiro atoms. The van der Waals surface area contributed by atoms with E-state index in [1.165, 1.54) is 6.33 Å². The molecule has 8 heteroatoms. The minimum atomic E-state index is -0.443. The number of hydrogen-bond donors (Lipinski definition) is 2. The van der Waals surface area contributed by atoms with E-state index in [1.807, 2.05) is 0 Å². The van der Waals surface area contributed by atoms with Crippen LogP contribution < -0.4 is 19.5 Å². The van der Waals surface area contributed by atoms with Crippen LogP contribution in [0.5, 0.6) is 23.1 Å². The van der Waals surface area contributed by atoms with Gasteiger partial charge in [-0.25, -0.2) is 14.4 Å². The van der Waals surface area contributed by atoms with E-state index in [-0.39, 0.29) is 11.6 Å². The Hall–Kier alpha value is -3.39. The van der Waals surface area contributed by atoms with Crippen LogP contribution in [0.25, 0.3) is 21.8 Å². The number of hydrogen-bond acceptors (Lipinski definition) is 6. The van der Waals surface area contributed by atoms with Gasteiger partial charge in [-0.15, -0.1) is 0 Å². The van der Waals surface area contributed by atoms with Crippen LogP contribution in [0.3, 0.4) is 0 Å². The molecule has 7 nitrogen and oxygen atoms in total. The third-order valence-electron chi connectivity index (χ3n) is 5.66. The van der Waals surface area contributed by atoms with Gasteiger partial charge in [0.25, 0.3) is 0 Å². The average Bonchev–Trinajstić information content (AvgIpc) is 3.29. The number of aromatic amines is 1. The standard InChI is InChI=1S/C23H23FN4O3/c1-29-20-11-18-16(10-21(20)30-12-14-4-7-25-8-5-14)23(28-13-27-18)31-19-3-2-17-15(22(19)24)6-9-26-17/h2-3,6,9-11,13-14,25-26H,4-5,7-8,12H2,1H3. The zero-order valence-electron chi connectivity index (χ0n) is 17.2. The van der Waals surface area contributed by atoms with Gasteiger partial charge in [-0.1, -0.05) is 0 Å². The molecule has 0 bridgehead atoms. The molecule has 1 fully saturated rings.